The highest BCUT2D eigenvalue weighted by Crippen LogP contribution is 2.28. The van der Waals surface area contributed by atoms with E-state index in [1.807, 2.05) is 14.0 Å². The van der Waals surface area contributed by atoms with Crippen LogP contribution in [0.2, 0.25) is 0 Å². The van der Waals surface area contributed by atoms with E-state index in [0.717, 1.165) is 37.3 Å². The molecule has 0 atom stereocenters. The zero-order chi connectivity index (χ0) is 16.4. The molecule has 0 aromatic rings. The largest absolute Gasteiger partial charge is 0.466 e. The van der Waals surface area contributed by atoms with E-state index < -0.39 is 0 Å². The van der Waals surface area contributed by atoms with Crippen molar-refractivity contribution in [2.24, 2.45) is 16.8 Å². The lowest BCUT2D eigenvalue weighted by molar-refractivity contribution is -0.143. The Morgan fingerprint density at radius 3 is 2.59 bits per heavy atom. The van der Waals surface area contributed by atoms with Crippen LogP contribution in [0.5, 0.6) is 0 Å². The van der Waals surface area contributed by atoms with Crippen molar-refractivity contribution in [3.8, 4) is 0 Å². The number of rotatable bonds is 7. The summed E-state index contributed by atoms with van der Waals surface area (Å²) in [6.45, 7) is 6.45. The van der Waals surface area contributed by atoms with E-state index in [9.17, 15) is 4.79 Å². The number of hydrogen-bond donors (Lipinski definition) is 1. The van der Waals surface area contributed by atoms with Crippen molar-refractivity contribution in [1.29, 1.82) is 0 Å². The molecule has 5 heteroatoms. The number of carbonyl (C=O) groups is 1. The molecule has 0 heterocycles. The van der Waals surface area contributed by atoms with E-state index in [-0.39, 0.29) is 5.97 Å². The summed E-state index contributed by atoms with van der Waals surface area (Å²) in [5, 5.41) is 3.33. The molecule has 0 amide bonds. The average Bonchev–Trinajstić information content (AvgIpc) is 2.50. The lowest BCUT2D eigenvalue weighted by atomic mass is 9.83. The summed E-state index contributed by atoms with van der Waals surface area (Å²) in [5.74, 6) is 2.47. The summed E-state index contributed by atoms with van der Waals surface area (Å²) in [5.41, 5.74) is 0. The molecule has 1 N–H and O–H groups in total. The van der Waals surface area contributed by atoms with Gasteiger partial charge in [-0.1, -0.05) is 19.8 Å². The van der Waals surface area contributed by atoms with Crippen LogP contribution in [0, 0.1) is 11.8 Å². The maximum Gasteiger partial charge on any atom is 0.305 e. The van der Waals surface area contributed by atoms with Gasteiger partial charge in [0.1, 0.15) is 0 Å². The fourth-order valence-electron chi connectivity index (χ4n) is 3.04. The smallest absolute Gasteiger partial charge is 0.305 e. The molecule has 0 unspecified atom stereocenters. The minimum absolute atomic E-state index is 0.121. The molecule has 22 heavy (non-hydrogen) atoms. The topological polar surface area (TPSA) is 53.9 Å². The van der Waals surface area contributed by atoms with Crippen molar-refractivity contribution in [2.75, 3.05) is 33.8 Å². The van der Waals surface area contributed by atoms with Gasteiger partial charge in [0.25, 0.3) is 0 Å². The first kappa shape index (κ1) is 18.8. The Morgan fingerprint density at radius 2 is 2.00 bits per heavy atom. The molecule has 0 radical (unpaired) electrons. The first-order valence-electron chi connectivity index (χ1n) is 8.64. The van der Waals surface area contributed by atoms with Gasteiger partial charge in [-0.05, 0) is 38.0 Å². The van der Waals surface area contributed by atoms with Crippen molar-refractivity contribution in [1.82, 2.24) is 10.2 Å². The monoisotopic (exact) mass is 311 g/mol. The van der Waals surface area contributed by atoms with Gasteiger partial charge in [0, 0.05) is 33.6 Å². The van der Waals surface area contributed by atoms with Crippen LogP contribution < -0.4 is 5.32 Å². The molecule has 0 saturated heterocycles. The molecule has 0 aliphatic heterocycles. The highest BCUT2D eigenvalue weighted by molar-refractivity contribution is 5.79. The molecule has 0 aromatic heterocycles. The van der Waals surface area contributed by atoms with Crippen LogP contribution in [0.3, 0.4) is 0 Å². The quantitative estimate of drug-likeness (QED) is 0.340. The van der Waals surface area contributed by atoms with Crippen LogP contribution in [0.1, 0.15) is 52.4 Å². The third-order valence-electron chi connectivity index (χ3n) is 4.39. The maximum atomic E-state index is 11.3. The summed E-state index contributed by atoms with van der Waals surface area (Å²) in [7, 11) is 3.91. The van der Waals surface area contributed by atoms with Crippen LogP contribution in [-0.4, -0.2) is 50.6 Å². The van der Waals surface area contributed by atoms with Crippen LogP contribution in [0.15, 0.2) is 4.99 Å². The fourth-order valence-corrected chi connectivity index (χ4v) is 3.04. The molecule has 5 nitrogen and oxygen atoms in total. The summed E-state index contributed by atoms with van der Waals surface area (Å²) in [6, 6.07) is 0. The molecule has 1 aliphatic carbocycles. The van der Waals surface area contributed by atoms with E-state index in [2.05, 4.69) is 29.2 Å². The average molecular weight is 311 g/mol. The van der Waals surface area contributed by atoms with E-state index in [4.69, 9.17) is 4.74 Å². The standard InChI is InChI=1S/C17H33N3O2/c1-5-22-16(21)7-6-12-19-17(18-3)20(4)13-15-10-8-14(2)9-11-15/h14-15H,5-13H2,1-4H3,(H,18,19). The van der Waals surface area contributed by atoms with Crippen molar-refractivity contribution >= 4 is 11.9 Å². The number of carbonyl (C=O) groups excluding carboxylic acids is 1. The molecular weight excluding hydrogens is 278 g/mol. The van der Waals surface area contributed by atoms with Gasteiger partial charge in [-0.25, -0.2) is 0 Å². The molecule has 0 bridgehead atoms. The SMILES string of the molecule is CCOC(=O)CCCNC(=NC)N(C)CC1CCC(C)CC1. The summed E-state index contributed by atoms with van der Waals surface area (Å²) in [4.78, 5) is 17.8. The van der Waals surface area contributed by atoms with Crippen LogP contribution >= 0.6 is 0 Å². The molecule has 1 saturated carbocycles. The van der Waals surface area contributed by atoms with Gasteiger partial charge in [-0.15, -0.1) is 0 Å². The number of esters is 1. The minimum Gasteiger partial charge on any atom is -0.466 e. The fraction of sp³-hybridized carbons (Fsp3) is 0.882. The summed E-state index contributed by atoms with van der Waals surface area (Å²) < 4.78 is 4.92. The van der Waals surface area contributed by atoms with Gasteiger partial charge >= 0.3 is 5.97 Å². The van der Waals surface area contributed by atoms with Gasteiger partial charge < -0.3 is 15.0 Å². The van der Waals surface area contributed by atoms with Crippen molar-refractivity contribution < 1.29 is 9.53 Å². The minimum atomic E-state index is -0.121. The second-order valence-corrected chi connectivity index (χ2v) is 6.39. The molecule has 128 valence electrons. The predicted octanol–water partition coefficient (Wildman–Crippen LogP) is 2.66. The lowest BCUT2D eigenvalue weighted by Crippen LogP contribution is -2.42. The normalized spacial score (nSPS) is 22.3. The number of ether oxygens (including phenoxy) is 1. The molecule has 1 rings (SSSR count). The van der Waals surface area contributed by atoms with E-state index >= 15 is 0 Å². The number of nitrogens with one attached hydrogen (secondary N) is 1. The Bertz CT molecular complexity index is 350. The third-order valence-corrected chi connectivity index (χ3v) is 4.39. The number of aliphatic imine (C=N–C) groups is 1. The Kier molecular flexibility index (Phi) is 8.94. The first-order valence-corrected chi connectivity index (χ1v) is 8.64. The Balaban J connectivity index is 2.24. The first-order chi connectivity index (χ1) is 10.6. The van der Waals surface area contributed by atoms with Crippen LogP contribution in [0.25, 0.3) is 0 Å². The predicted molar refractivity (Wildman–Crippen MR) is 91.0 cm³/mol. The zero-order valence-electron chi connectivity index (χ0n) is 14.7. The van der Waals surface area contributed by atoms with Gasteiger partial charge in [0.15, 0.2) is 5.96 Å². The highest BCUT2D eigenvalue weighted by Gasteiger charge is 2.20. The highest BCUT2D eigenvalue weighted by atomic mass is 16.5. The summed E-state index contributed by atoms with van der Waals surface area (Å²) in [6.07, 6.45) is 6.58. The van der Waals surface area contributed by atoms with Gasteiger partial charge in [-0.3, -0.25) is 9.79 Å². The Labute approximate surface area is 135 Å². The Hall–Kier alpha value is -1.26. The molecule has 1 aliphatic rings. The van der Waals surface area contributed by atoms with Crippen molar-refractivity contribution in [3.05, 3.63) is 0 Å². The second kappa shape index (κ2) is 10.5. The van der Waals surface area contributed by atoms with Gasteiger partial charge in [0.05, 0.1) is 6.61 Å². The maximum absolute atomic E-state index is 11.3. The van der Waals surface area contributed by atoms with Gasteiger partial charge in [0.2, 0.25) is 0 Å². The van der Waals surface area contributed by atoms with Crippen LogP contribution in [-0.2, 0) is 9.53 Å². The molecule has 0 spiro atoms. The van der Waals surface area contributed by atoms with E-state index in [1.165, 1.54) is 25.7 Å². The zero-order valence-corrected chi connectivity index (χ0v) is 14.7. The number of guanidine groups is 1. The summed E-state index contributed by atoms with van der Waals surface area (Å²) >= 11 is 0. The molecule has 1 fully saturated rings. The van der Waals surface area contributed by atoms with E-state index in [0.29, 0.717) is 13.0 Å². The molecule has 0 aromatic carbocycles. The molecular formula is C17H33N3O2. The number of hydrogen-bond acceptors (Lipinski definition) is 3. The van der Waals surface area contributed by atoms with E-state index in [1.54, 1.807) is 0 Å². The van der Waals surface area contributed by atoms with Crippen molar-refractivity contribution in [3.63, 3.8) is 0 Å². The Morgan fingerprint density at radius 1 is 1.32 bits per heavy atom. The van der Waals surface area contributed by atoms with Gasteiger partial charge in [-0.2, -0.15) is 0 Å². The third kappa shape index (κ3) is 7.14. The lowest BCUT2D eigenvalue weighted by Gasteiger charge is -2.31. The van der Waals surface area contributed by atoms with Crippen LogP contribution in [0.4, 0.5) is 0 Å². The second-order valence-electron chi connectivity index (χ2n) is 6.39. The number of nitrogens with zero attached hydrogens (tertiary/aromatic N) is 2. The van der Waals surface area contributed by atoms with Crippen molar-refractivity contribution in [2.45, 2.75) is 52.4 Å².